The number of carbonyl (C=O) groups excluding carboxylic acids is 4. The number of hydrogen-bond acceptors (Lipinski definition) is 4. The van der Waals surface area contributed by atoms with Crippen molar-refractivity contribution in [3.05, 3.63) is 70.8 Å². The van der Waals surface area contributed by atoms with Crippen LogP contribution in [0.1, 0.15) is 56.9 Å². The van der Waals surface area contributed by atoms with Gasteiger partial charge in [0.1, 0.15) is 0 Å². The predicted octanol–water partition coefficient (Wildman–Crippen LogP) is 2.61. The van der Waals surface area contributed by atoms with E-state index >= 15 is 0 Å². The molecule has 2 aromatic carbocycles. The Morgan fingerprint density at radius 2 is 1.47 bits per heavy atom. The van der Waals surface area contributed by atoms with Gasteiger partial charge in [-0.1, -0.05) is 30.3 Å². The van der Waals surface area contributed by atoms with Crippen LogP contribution >= 0.6 is 0 Å². The van der Waals surface area contributed by atoms with Gasteiger partial charge >= 0.3 is 0 Å². The monoisotopic (exact) mass is 433 g/mol. The fraction of sp³-hybridized carbons (Fsp3) is 0.360. The summed E-state index contributed by atoms with van der Waals surface area (Å²) in [5, 5.41) is 0. The van der Waals surface area contributed by atoms with Gasteiger partial charge in [-0.05, 0) is 44.0 Å². The van der Waals surface area contributed by atoms with Gasteiger partial charge in [0.15, 0.2) is 0 Å². The van der Waals surface area contributed by atoms with Crippen LogP contribution in [0, 0.1) is 0 Å². The van der Waals surface area contributed by atoms with Crippen LogP contribution in [-0.4, -0.2) is 70.5 Å². The zero-order valence-corrected chi connectivity index (χ0v) is 18.4. The SMILES string of the molecule is CC(C)N1C(=O)c2ccc(C(=O)N3CCN(C(=O)CCc4ccccc4)CC3)cc2C1=O. The lowest BCUT2D eigenvalue weighted by molar-refractivity contribution is -0.132. The maximum Gasteiger partial charge on any atom is 0.261 e. The summed E-state index contributed by atoms with van der Waals surface area (Å²) in [7, 11) is 0. The molecule has 7 heteroatoms. The summed E-state index contributed by atoms with van der Waals surface area (Å²) >= 11 is 0. The maximum absolute atomic E-state index is 13.0. The minimum Gasteiger partial charge on any atom is -0.339 e. The van der Waals surface area contributed by atoms with Crippen LogP contribution in [0.4, 0.5) is 0 Å². The molecule has 166 valence electrons. The van der Waals surface area contributed by atoms with Crippen molar-refractivity contribution in [1.29, 1.82) is 0 Å². The van der Waals surface area contributed by atoms with Gasteiger partial charge in [0, 0.05) is 44.2 Å². The van der Waals surface area contributed by atoms with E-state index in [0.717, 1.165) is 5.56 Å². The van der Waals surface area contributed by atoms with Gasteiger partial charge in [-0.15, -0.1) is 0 Å². The van der Waals surface area contributed by atoms with Crippen molar-refractivity contribution in [2.45, 2.75) is 32.7 Å². The molecule has 0 radical (unpaired) electrons. The number of nitrogens with zero attached hydrogens (tertiary/aromatic N) is 3. The van der Waals surface area contributed by atoms with Gasteiger partial charge in [-0.2, -0.15) is 0 Å². The van der Waals surface area contributed by atoms with Crippen molar-refractivity contribution in [3.8, 4) is 0 Å². The number of fused-ring (bicyclic) bond motifs is 1. The third kappa shape index (κ3) is 4.15. The van der Waals surface area contributed by atoms with Crippen LogP contribution in [0.15, 0.2) is 48.5 Å². The molecular formula is C25H27N3O4. The van der Waals surface area contributed by atoms with Crippen molar-refractivity contribution < 1.29 is 19.2 Å². The largest absolute Gasteiger partial charge is 0.339 e. The Labute approximate surface area is 187 Å². The first kappa shape index (κ1) is 21.7. The lowest BCUT2D eigenvalue weighted by atomic mass is 10.0. The molecule has 0 spiro atoms. The Bertz CT molecular complexity index is 1060. The van der Waals surface area contributed by atoms with E-state index in [4.69, 9.17) is 0 Å². The summed E-state index contributed by atoms with van der Waals surface area (Å²) in [5.74, 6) is -0.770. The molecule has 0 bridgehead atoms. The lowest BCUT2D eigenvalue weighted by Crippen LogP contribution is -2.50. The standard InChI is InChI=1S/C25H27N3O4/c1-17(2)28-24(31)20-10-9-19(16-21(20)25(28)32)23(30)27-14-12-26(13-15-27)22(29)11-8-18-6-4-3-5-7-18/h3-7,9-10,16-17H,8,11-15H2,1-2H3. The van der Waals surface area contributed by atoms with Gasteiger partial charge in [-0.3, -0.25) is 24.1 Å². The molecular weight excluding hydrogens is 406 g/mol. The molecule has 0 unspecified atom stereocenters. The Morgan fingerprint density at radius 3 is 2.12 bits per heavy atom. The van der Waals surface area contributed by atoms with Crippen LogP contribution < -0.4 is 0 Å². The third-order valence-electron chi connectivity index (χ3n) is 6.07. The molecule has 1 fully saturated rings. The van der Waals surface area contributed by atoms with E-state index in [1.807, 2.05) is 30.3 Å². The topological polar surface area (TPSA) is 78.0 Å². The minimum absolute atomic E-state index is 0.0939. The highest BCUT2D eigenvalue weighted by molar-refractivity contribution is 6.22. The van der Waals surface area contributed by atoms with Gasteiger partial charge in [0.05, 0.1) is 11.1 Å². The number of hydrogen-bond donors (Lipinski definition) is 0. The molecule has 2 aliphatic rings. The van der Waals surface area contributed by atoms with Crippen molar-refractivity contribution in [2.75, 3.05) is 26.2 Å². The molecule has 2 heterocycles. The highest BCUT2D eigenvalue weighted by Crippen LogP contribution is 2.26. The van der Waals surface area contributed by atoms with Crippen molar-refractivity contribution in [3.63, 3.8) is 0 Å². The number of benzene rings is 2. The Morgan fingerprint density at radius 1 is 0.844 bits per heavy atom. The number of piperazine rings is 1. The van der Waals surface area contributed by atoms with E-state index in [-0.39, 0.29) is 35.2 Å². The lowest BCUT2D eigenvalue weighted by Gasteiger charge is -2.35. The van der Waals surface area contributed by atoms with E-state index in [2.05, 4.69) is 0 Å². The molecule has 7 nitrogen and oxygen atoms in total. The summed E-state index contributed by atoms with van der Waals surface area (Å²) in [5.41, 5.74) is 2.15. The van der Waals surface area contributed by atoms with Gasteiger partial charge in [0.25, 0.3) is 17.7 Å². The van der Waals surface area contributed by atoms with Crippen molar-refractivity contribution in [2.24, 2.45) is 0 Å². The van der Waals surface area contributed by atoms with Crippen LogP contribution in [0.3, 0.4) is 0 Å². The minimum atomic E-state index is -0.358. The van der Waals surface area contributed by atoms with E-state index in [0.29, 0.717) is 50.1 Å². The molecule has 0 aromatic heterocycles. The molecule has 4 rings (SSSR count). The number of amides is 4. The molecule has 2 aromatic rings. The first-order chi connectivity index (χ1) is 15.4. The zero-order valence-electron chi connectivity index (χ0n) is 18.4. The molecule has 0 N–H and O–H groups in total. The molecule has 1 saturated heterocycles. The van der Waals surface area contributed by atoms with Crippen LogP contribution in [0.2, 0.25) is 0 Å². The summed E-state index contributed by atoms with van der Waals surface area (Å²) < 4.78 is 0. The fourth-order valence-corrected chi connectivity index (χ4v) is 4.26. The summed E-state index contributed by atoms with van der Waals surface area (Å²) in [6.07, 6.45) is 1.15. The van der Waals surface area contributed by atoms with E-state index in [9.17, 15) is 19.2 Å². The first-order valence-corrected chi connectivity index (χ1v) is 11.0. The predicted molar refractivity (Wildman–Crippen MR) is 119 cm³/mol. The second-order valence-corrected chi connectivity index (χ2v) is 8.49. The smallest absolute Gasteiger partial charge is 0.261 e. The highest BCUT2D eigenvalue weighted by atomic mass is 16.2. The van der Waals surface area contributed by atoms with Gasteiger partial charge in [0.2, 0.25) is 5.91 Å². The average Bonchev–Trinajstić information content (AvgIpc) is 3.07. The van der Waals surface area contributed by atoms with Crippen LogP contribution in [-0.2, 0) is 11.2 Å². The van der Waals surface area contributed by atoms with Crippen LogP contribution in [0.5, 0.6) is 0 Å². The van der Waals surface area contributed by atoms with Gasteiger partial charge < -0.3 is 9.80 Å². The molecule has 4 amide bonds. The second-order valence-electron chi connectivity index (χ2n) is 8.49. The van der Waals surface area contributed by atoms with Gasteiger partial charge in [-0.25, -0.2) is 0 Å². The van der Waals surface area contributed by atoms with Crippen molar-refractivity contribution >= 4 is 23.6 Å². The number of imide groups is 1. The number of rotatable bonds is 5. The number of carbonyl (C=O) groups is 4. The van der Waals surface area contributed by atoms with Crippen LogP contribution in [0.25, 0.3) is 0 Å². The summed E-state index contributed by atoms with van der Waals surface area (Å²) in [6.45, 7) is 5.43. The Balaban J connectivity index is 1.36. The van der Waals surface area contributed by atoms with E-state index < -0.39 is 0 Å². The Hall–Kier alpha value is -3.48. The summed E-state index contributed by atoms with van der Waals surface area (Å²) in [4.78, 5) is 55.3. The first-order valence-electron chi connectivity index (χ1n) is 11.0. The molecule has 0 saturated carbocycles. The number of aryl methyl sites for hydroxylation is 1. The Kier molecular flexibility index (Phi) is 6.08. The second kappa shape index (κ2) is 8.94. The maximum atomic E-state index is 13.0. The van der Waals surface area contributed by atoms with E-state index in [1.54, 1.807) is 35.8 Å². The quantitative estimate of drug-likeness (QED) is 0.679. The van der Waals surface area contributed by atoms with E-state index in [1.165, 1.54) is 11.0 Å². The third-order valence-corrected chi connectivity index (χ3v) is 6.07. The zero-order chi connectivity index (χ0) is 22.8. The normalized spacial score (nSPS) is 16.0. The highest BCUT2D eigenvalue weighted by Gasteiger charge is 2.38. The van der Waals surface area contributed by atoms with Crippen molar-refractivity contribution in [1.82, 2.24) is 14.7 Å². The molecule has 0 atom stereocenters. The average molecular weight is 434 g/mol. The molecule has 2 aliphatic heterocycles. The molecule has 0 aliphatic carbocycles. The molecule has 32 heavy (non-hydrogen) atoms. The summed E-state index contributed by atoms with van der Waals surface area (Å²) in [6, 6.07) is 14.4. The fourth-order valence-electron chi connectivity index (χ4n) is 4.26.